The Bertz CT molecular complexity index is 370. The van der Waals surface area contributed by atoms with Crippen molar-refractivity contribution in [2.45, 2.75) is 70.6 Å². The lowest BCUT2D eigenvalue weighted by Gasteiger charge is -2.37. The van der Waals surface area contributed by atoms with Gasteiger partial charge >= 0.3 is 6.09 Å². The monoisotopic (exact) mass is 298 g/mol. The zero-order chi connectivity index (χ0) is 15.7. The Kier molecular flexibility index (Phi) is 4.83. The number of rotatable bonds is 6. The number of hydrogen-bond donors (Lipinski definition) is 3. The fourth-order valence-corrected chi connectivity index (χ4v) is 2.89. The van der Waals surface area contributed by atoms with E-state index in [0.717, 1.165) is 19.4 Å². The lowest BCUT2D eigenvalue weighted by molar-refractivity contribution is 0.0375. The van der Waals surface area contributed by atoms with E-state index in [1.165, 1.54) is 12.8 Å². The van der Waals surface area contributed by atoms with Crippen LogP contribution in [-0.4, -0.2) is 41.5 Å². The van der Waals surface area contributed by atoms with Crippen LogP contribution in [-0.2, 0) is 4.74 Å². The summed E-state index contributed by atoms with van der Waals surface area (Å²) in [6.45, 7) is 9.28. The van der Waals surface area contributed by atoms with Gasteiger partial charge in [0, 0.05) is 12.1 Å². The van der Waals surface area contributed by atoms with Crippen LogP contribution in [0.15, 0.2) is 0 Å². The van der Waals surface area contributed by atoms with Crippen LogP contribution in [0.3, 0.4) is 0 Å². The fourth-order valence-electron chi connectivity index (χ4n) is 2.89. The Morgan fingerprint density at radius 1 is 1.24 bits per heavy atom. The van der Waals surface area contributed by atoms with E-state index in [4.69, 9.17) is 4.74 Å². The SMILES string of the molecule is CC(C)(C)OC(=O)NCC(C)(NCC1CC(O)C1)C1CC1. The second-order valence-corrected chi connectivity index (χ2v) is 7.92. The topological polar surface area (TPSA) is 70.6 Å². The molecule has 0 saturated heterocycles. The van der Waals surface area contributed by atoms with Gasteiger partial charge in [0.2, 0.25) is 0 Å². The standard InChI is InChI=1S/C16H30N2O3/c1-15(2,3)21-14(20)17-10-16(4,12-5-6-12)18-9-11-7-13(19)8-11/h11-13,18-19H,5-10H2,1-4H3,(H,17,20). The van der Waals surface area contributed by atoms with Gasteiger partial charge in [-0.3, -0.25) is 0 Å². The van der Waals surface area contributed by atoms with Crippen molar-refractivity contribution in [2.75, 3.05) is 13.1 Å². The average molecular weight is 298 g/mol. The number of aliphatic hydroxyl groups is 1. The Morgan fingerprint density at radius 2 is 1.86 bits per heavy atom. The number of nitrogens with one attached hydrogen (secondary N) is 2. The molecule has 0 aromatic rings. The minimum Gasteiger partial charge on any atom is -0.444 e. The molecule has 2 saturated carbocycles. The van der Waals surface area contributed by atoms with E-state index < -0.39 is 5.60 Å². The third-order valence-electron chi connectivity index (χ3n) is 4.48. The van der Waals surface area contributed by atoms with Crippen LogP contribution in [0.4, 0.5) is 4.79 Å². The maximum atomic E-state index is 11.8. The molecular formula is C16H30N2O3. The van der Waals surface area contributed by atoms with E-state index in [1.54, 1.807) is 0 Å². The first-order valence-corrected chi connectivity index (χ1v) is 8.08. The van der Waals surface area contributed by atoms with Crippen molar-refractivity contribution < 1.29 is 14.6 Å². The van der Waals surface area contributed by atoms with Gasteiger partial charge in [-0.05, 0) is 71.8 Å². The molecule has 122 valence electrons. The van der Waals surface area contributed by atoms with E-state index >= 15 is 0 Å². The molecule has 5 heteroatoms. The van der Waals surface area contributed by atoms with Gasteiger partial charge in [0.25, 0.3) is 0 Å². The molecule has 0 bridgehead atoms. The number of ether oxygens (including phenoxy) is 1. The molecule has 3 N–H and O–H groups in total. The number of carbonyl (C=O) groups excluding carboxylic acids is 1. The van der Waals surface area contributed by atoms with Crippen LogP contribution in [0, 0.1) is 11.8 Å². The van der Waals surface area contributed by atoms with Gasteiger partial charge in [0.1, 0.15) is 5.60 Å². The lowest BCUT2D eigenvalue weighted by atomic mass is 9.81. The number of amides is 1. The molecule has 2 aliphatic carbocycles. The van der Waals surface area contributed by atoms with Crippen LogP contribution in [0.25, 0.3) is 0 Å². The molecule has 0 aromatic carbocycles. The molecule has 0 aromatic heterocycles. The predicted molar refractivity (Wildman–Crippen MR) is 82.1 cm³/mol. The van der Waals surface area contributed by atoms with Crippen LogP contribution in [0.1, 0.15) is 53.4 Å². The smallest absolute Gasteiger partial charge is 0.407 e. The van der Waals surface area contributed by atoms with Gasteiger partial charge in [-0.25, -0.2) is 4.79 Å². The van der Waals surface area contributed by atoms with Crippen LogP contribution in [0.2, 0.25) is 0 Å². The summed E-state index contributed by atoms with van der Waals surface area (Å²) in [5.74, 6) is 1.19. The highest BCUT2D eigenvalue weighted by molar-refractivity contribution is 5.67. The minimum atomic E-state index is -0.463. The van der Waals surface area contributed by atoms with Crippen molar-refractivity contribution in [3.8, 4) is 0 Å². The Morgan fingerprint density at radius 3 is 2.33 bits per heavy atom. The molecule has 2 rings (SSSR count). The van der Waals surface area contributed by atoms with Crippen LogP contribution in [0.5, 0.6) is 0 Å². The molecule has 0 aliphatic heterocycles. The van der Waals surface area contributed by atoms with Gasteiger partial charge in [0.15, 0.2) is 0 Å². The number of carbonyl (C=O) groups is 1. The summed E-state index contributed by atoms with van der Waals surface area (Å²) in [6, 6.07) is 0. The van der Waals surface area contributed by atoms with E-state index in [1.807, 2.05) is 20.8 Å². The molecular weight excluding hydrogens is 268 g/mol. The van der Waals surface area contributed by atoms with E-state index in [0.29, 0.717) is 18.4 Å². The number of aliphatic hydroxyl groups excluding tert-OH is 1. The highest BCUT2D eigenvalue weighted by Gasteiger charge is 2.42. The summed E-state index contributed by atoms with van der Waals surface area (Å²) in [5, 5.41) is 15.9. The molecule has 5 nitrogen and oxygen atoms in total. The summed E-state index contributed by atoms with van der Waals surface area (Å²) in [7, 11) is 0. The van der Waals surface area contributed by atoms with Gasteiger partial charge in [-0.15, -0.1) is 0 Å². The van der Waals surface area contributed by atoms with Crippen LogP contribution >= 0.6 is 0 Å². The third-order valence-corrected chi connectivity index (χ3v) is 4.48. The highest BCUT2D eigenvalue weighted by Crippen LogP contribution is 2.40. The lowest BCUT2D eigenvalue weighted by Crippen LogP contribution is -2.55. The van der Waals surface area contributed by atoms with E-state index in [-0.39, 0.29) is 17.7 Å². The quantitative estimate of drug-likeness (QED) is 0.702. The first-order chi connectivity index (χ1) is 9.68. The van der Waals surface area contributed by atoms with Crippen molar-refractivity contribution in [3.63, 3.8) is 0 Å². The van der Waals surface area contributed by atoms with Crippen molar-refractivity contribution in [2.24, 2.45) is 11.8 Å². The molecule has 2 aliphatic rings. The molecule has 1 amide bonds. The summed E-state index contributed by atoms with van der Waals surface area (Å²) in [5.41, 5.74) is -0.535. The molecule has 1 unspecified atom stereocenters. The predicted octanol–water partition coefficient (Wildman–Crippen LogP) is 2.04. The molecule has 0 heterocycles. The molecule has 1 atom stereocenters. The normalized spacial score (nSPS) is 28.4. The van der Waals surface area contributed by atoms with Gasteiger partial charge < -0.3 is 20.5 Å². The fraction of sp³-hybridized carbons (Fsp3) is 0.938. The second kappa shape index (κ2) is 6.13. The Hall–Kier alpha value is -0.810. The molecule has 2 fully saturated rings. The Balaban J connectivity index is 1.76. The Labute approximate surface area is 127 Å². The van der Waals surface area contributed by atoms with Gasteiger partial charge in [0.05, 0.1) is 6.10 Å². The van der Waals surface area contributed by atoms with Gasteiger partial charge in [-0.2, -0.15) is 0 Å². The van der Waals surface area contributed by atoms with E-state index in [2.05, 4.69) is 17.6 Å². The first-order valence-electron chi connectivity index (χ1n) is 8.08. The third kappa shape index (κ3) is 5.15. The molecule has 0 radical (unpaired) electrons. The van der Waals surface area contributed by atoms with Crippen molar-refractivity contribution >= 4 is 6.09 Å². The van der Waals surface area contributed by atoms with Crippen molar-refractivity contribution in [1.29, 1.82) is 0 Å². The summed E-state index contributed by atoms with van der Waals surface area (Å²) in [4.78, 5) is 11.8. The first kappa shape index (κ1) is 16.6. The van der Waals surface area contributed by atoms with Crippen molar-refractivity contribution in [1.82, 2.24) is 10.6 Å². The summed E-state index contributed by atoms with van der Waals surface area (Å²) >= 11 is 0. The van der Waals surface area contributed by atoms with Gasteiger partial charge in [-0.1, -0.05) is 0 Å². The number of hydrogen-bond acceptors (Lipinski definition) is 4. The van der Waals surface area contributed by atoms with E-state index in [9.17, 15) is 9.90 Å². The maximum Gasteiger partial charge on any atom is 0.407 e. The zero-order valence-electron chi connectivity index (χ0n) is 13.7. The molecule has 21 heavy (non-hydrogen) atoms. The zero-order valence-corrected chi connectivity index (χ0v) is 13.7. The molecule has 0 spiro atoms. The minimum absolute atomic E-state index is 0.0720. The van der Waals surface area contributed by atoms with Crippen molar-refractivity contribution in [3.05, 3.63) is 0 Å². The maximum absolute atomic E-state index is 11.8. The number of alkyl carbamates (subject to hydrolysis) is 1. The second-order valence-electron chi connectivity index (χ2n) is 7.92. The van der Waals surface area contributed by atoms with Crippen LogP contribution < -0.4 is 10.6 Å². The largest absolute Gasteiger partial charge is 0.444 e. The summed E-state index contributed by atoms with van der Waals surface area (Å²) < 4.78 is 5.29. The average Bonchev–Trinajstić information content (AvgIpc) is 3.13. The highest BCUT2D eigenvalue weighted by atomic mass is 16.6. The summed E-state index contributed by atoms with van der Waals surface area (Å²) in [6.07, 6.45) is 3.76.